The van der Waals surface area contributed by atoms with E-state index in [2.05, 4.69) is 5.32 Å². The number of methoxy groups -OCH3 is 1. The first-order valence-corrected chi connectivity index (χ1v) is 12.4. The summed E-state index contributed by atoms with van der Waals surface area (Å²) in [4.78, 5) is 42.1. The van der Waals surface area contributed by atoms with Crippen molar-refractivity contribution in [2.75, 3.05) is 51.8 Å². The fourth-order valence-electron chi connectivity index (χ4n) is 4.92. The fourth-order valence-corrected chi connectivity index (χ4v) is 4.92. The molecular weight excluding hydrogens is 509 g/mol. The zero-order chi connectivity index (χ0) is 28.4. The van der Waals surface area contributed by atoms with E-state index in [-0.39, 0.29) is 43.2 Å². The van der Waals surface area contributed by atoms with Crippen LogP contribution in [0.3, 0.4) is 0 Å². The number of benzene rings is 1. The number of amides is 3. The number of anilines is 1. The number of carboxylic acid groups (broad SMARTS) is 1. The number of carbonyl (C=O) groups excluding carboxylic acids is 2. The van der Waals surface area contributed by atoms with Crippen LogP contribution in [0, 0.1) is 0 Å². The third-order valence-corrected chi connectivity index (χ3v) is 6.82. The second kappa shape index (κ2) is 11.4. The summed E-state index contributed by atoms with van der Waals surface area (Å²) >= 11 is 0. The highest BCUT2D eigenvalue weighted by Gasteiger charge is 2.47. The summed E-state index contributed by atoms with van der Waals surface area (Å²) in [7, 11) is 2.63. The number of halogens is 3. The number of rotatable bonds is 8. The summed E-state index contributed by atoms with van der Waals surface area (Å²) in [5.41, 5.74) is -3.47. The summed E-state index contributed by atoms with van der Waals surface area (Å²) in [5.74, 6) is -1.67. The van der Waals surface area contributed by atoms with Gasteiger partial charge in [-0.1, -0.05) is 0 Å². The van der Waals surface area contributed by atoms with Crippen molar-refractivity contribution in [1.29, 1.82) is 0 Å². The Bertz CT molecular complexity index is 1060. The van der Waals surface area contributed by atoms with Crippen molar-refractivity contribution < 1.29 is 42.1 Å². The molecule has 2 heterocycles. The maximum atomic E-state index is 14.3. The van der Waals surface area contributed by atoms with Gasteiger partial charge in [0.05, 0.1) is 23.4 Å². The number of ether oxygens (including phenoxy) is 2. The fraction of sp³-hybridized carbons (Fsp3) is 0.640. The number of alkyl halides is 3. The molecule has 3 amide bonds. The van der Waals surface area contributed by atoms with E-state index in [0.717, 1.165) is 34.9 Å². The van der Waals surface area contributed by atoms with E-state index in [9.17, 15) is 32.7 Å². The van der Waals surface area contributed by atoms with Crippen LogP contribution in [0.1, 0.15) is 49.5 Å². The molecule has 10 nitrogen and oxygen atoms in total. The van der Waals surface area contributed by atoms with Gasteiger partial charge in [-0.15, -0.1) is 0 Å². The number of fused-ring (bicyclic) bond motifs is 1. The van der Waals surface area contributed by atoms with Gasteiger partial charge >= 0.3 is 12.3 Å². The first kappa shape index (κ1) is 29.5. The number of piperidine rings is 1. The molecule has 38 heavy (non-hydrogen) atoms. The van der Waals surface area contributed by atoms with Gasteiger partial charge in [-0.3, -0.25) is 9.59 Å². The zero-order valence-electron chi connectivity index (χ0n) is 22.2. The summed E-state index contributed by atoms with van der Waals surface area (Å²) < 4.78 is 53.9. The van der Waals surface area contributed by atoms with Crippen molar-refractivity contribution in [3.05, 3.63) is 23.3 Å². The quantitative estimate of drug-likeness (QED) is 0.518. The average Bonchev–Trinajstić information content (AvgIpc) is 2.83. The number of hydrogen-bond acceptors (Lipinski definition) is 6. The van der Waals surface area contributed by atoms with E-state index in [1.165, 1.54) is 26.0 Å². The number of carbonyl (C=O) groups is 3. The highest BCUT2D eigenvalue weighted by molar-refractivity contribution is 6.05. The molecule has 0 bridgehead atoms. The topological polar surface area (TPSA) is 112 Å². The molecule has 0 saturated carbocycles. The molecule has 1 saturated heterocycles. The normalized spacial score (nSPS) is 21.7. The van der Waals surface area contributed by atoms with Crippen LogP contribution < -0.4 is 15.0 Å². The molecule has 2 N–H and O–H groups in total. The van der Waals surface area contributed by atoms with Crippen LogP contribution in [0.25, 0.3) is 0 Å². The van der Waals surface area contributed by atoms with Crippen molar-refractivity contribution >= 4 is 23.6 Å². The number of hydrogen-bond donors (Lipinski definition) is 2. The maximum absolute atomic E-state index is 14.3. The number of nitrogens with one attached hydrogen (secondary N) is 1. The van der Waals surface area contributed by atoms with E-state index in [1.807, 2.05) is 0 Å². The van der Waals surface area contributed by atoms with Gasteiger partial charge in [-0.05, 0) is 52.3 Å². The Labute approximate surface area is 219 Å². The van der Waals surface area contributed by atoms with Crippen LogP contribution in [0.5, 0.6) is 5.75 Å². The van der Waals surface area contributed by atoms with E-state index >= 15 is 0 Å². The van der Waals surface area contributed by atoms with Gasteiger partial charge < -0.3 is 34.6 Å². The summed E-state index contributed by atoms with van der Waals surface area (Å²) in [6, 6.07) is 1.11. The van der Waals surface area contributed by atoms with Crippen molar-refractivity contribution in [1.82, 2.24) is 15.1 Å². The Morgan fingerprint density at radius 1 is 1.34 bits per heavy atom. The lowest BCUT2D eigenvalue weighted by Crippen LogP contribution is -2.58. The molecule has 0 aromatic heterocycles. The number of nitrogens with zero attached hydrogens (tertiary/aromatic N) is 3. The van der Waals surface area contributed by atoms with Crippen molar-refractivity contribution in [2.24, 2.45) is 0 Å². The van der Waals surface area contributed by atoms with Gasteiger partial charge in [-0.2, -0.15) is 13.2 Å². The van der Waals surface area contributed by atoms with Crippen LogP contribution in [-0.4, -0.2) is 97.4 Å². The molecule has 13 heteroatoms. The smallest absolute Gasteiger partial charge is 0.417 e. The Morgan fingerprint density at radius 3 is 2.55 bits per heavy atom. The largest absolute Gasteiger partial charge is 0.473 e. The first-order valence-electron chi connectivity index (χ1n) is 12.4. The average molecular weight is 545 g/mol. The van der Waals surface area contributed by atoms with Gasteiger partial charge in [-0.25, -0.2) is 4.79 Å². The molecule has 1 aromatic carbocycles. The Morgan fingerprint density at radius 2 is 2.03 bits per heavy atom. The third kappa shape index (κ3) is 5.98. The van der Waals surface area contributed by atoms with E-state index < -0.39 is 40.8 Å². The molecule has 2 atom stereocenters. The summed E-state index contributed by atoms with van der Waals surface area (Å²) in [6.07, 6.45) is -4.69. The van der Waals surface area contributed by atoms with Gasteiger partial charge in [0.25, 0.3) is 11.8 Å². The first-order chi connectivity index (χ1) is 17.7. The Balaban J connectivity index is 2.16. The standard InChI is InChI=1S/C25H35F3N4O6/c1-15(2)32(16-7-6-8-29-13-16)21(33)17-11-19-20(12-18(17)25(26,27)28)38-24(3,14-37-5)22(34)31(19)10-9-30(4)23(35)36/h11-12,15-16,29H,6-10,13-14H2,1-5H3,(H,35,36)/t16-,24?/m1/s1. The molecule has 2 aliphatic rings. The van der Waals surface area contributed by atoms with Crippen molar-refractivity contribution in [2.45, 2.75) is 57.5 Å². The monoisotopic (exact) mass is 544 g/mol. The molecule has 0 spiro atoms. The van der Waals surface area contributed by atoms with Gasteiger partial charge in [0.2, 0.25) is 5.60 Å². The van der Waals surface area contributed by atoms with E-state index in [0.29, 0.717) is 13.0 Å². The summed E-state index contributed by atoms with van der Waals surface area (Å²) in [6.45, 7) is 5.55. The molecule has 0 radical (unpaired) electrons. The zero-order valence-corrected chi connectivity index (χ0v) is 22.2. The van der Waals surface area contributed by atoms with Crippen LogP contribution >= 0.6 is 0 Å². The highest BCUT2D eigenvalue weighted by Crippen LogP contribution is 2.44. The minimum atomic E-state index is -4.88. The highest BCUT2D eigenvalue weighted by atomic mass is 19.4. The lowest BCUT2D eigenvalue weighted by Gasteiger charge is -2.42. The van der Waals surface area contributed by atoms with Gasteiger partial charge in [0.15, 0.2) is 0 Å². The van der Waals surface area contributed by atoms with Crippen LogP contribution in [0.4, 0.5) is 23.7 Å². The Hall–Kier alpha value is -3.06. The molecule has 1 fully saturated rings. The molecule has 2 aliphatic heterocycles. The SMILES string of the molecule is COCC1(C)Oc2cc(C(F)(F)F)c(C(=O)N(C(C)C)[C@@H]3CCCNC3)cc2N(CCN(C)C(=O)O)C1=O. The molecular formula is C25H35F3N4O6. The Kier molecular flexibility index (Phi) is 8.82. The van der Waals surface area contributed by atoms with E-state index in [1.54, 1.807) is 13.8 Å². The van der Waals surface area contributed by atoms with Crippen LogP contribution in [-0.2, 0) is 15.7 Å². The molecule has 1 unspecified atom stereocenters. The second-order valence-electron chi connectivity index (χ2n) is 10.1. The van der Waals surface area contributed by atoms with Crippen molar-refractivity contribution in [3.8, 4) is 5.75 Å². The summed E-state index contributed by atoms with van der Waals surface area (Å²) in [5, 5.41) is 12.4. The number of likely N-dealkylation sites (N-methyl/N-ethyl adjacent to an activating group) is 1. The molecule has 1 aromatic rings. The second-order valence-corrected chi connectivity index (χ2v) is 10.1. The van der Waals surface area contributed by atoms with Crippen LogP contribution in [0.15, 0.2) is 12.1 Å². The lowest BCUT2D eigenvalue weighted by atomic mass is 9.96. The molecule has 212 valence electrons. The predicted octanol–water partition coefficient (Wildman–Crippen LogP) is 3.05. The van der Waals surface area contributed by atoms with Gasteiger partial charge in [0.1, 0.15) is 5.75 Å². The van der Waals surface area contributed by atoms with Crippen molar-refractivity contribution in [3.63, 3.8) is 0 Å². The minimum Gasteiger partial charge on any atom is -0.473 e. The lowest BCUT2D eigenvalue weighted by molar-refractivity contribution is -0.140. The minimum absolute atomic E-state index is 0.0378. The van der Waals surface area contributed by atoms with Crippen LogP contribution in [0.2, 0.25) is 0 Å². The predicted molar refractivity (Wildman–Crippen MR) is 133 cm³/mol. The molecule has 0 aliphatic carbocycles. The maximum Gasteiger partial charge on any atom is 0.417 e. The molecule has 3 rings (SSSR count). The van der Waals surface area contributed by atoms with E-state index in [4.69, 9.17) is 9.47 Å². The van der Waals surface area contributed by atoms with Gasteiger partial charge in [0, 0.05) is 45.9 Å². The third-order valence-electron chi connectivity index (χ3n) is 6.82.